The van der Waals surface area contributed by atoms with Crippen molar-refractivity contribution in [1.82, 2.24) is 4.98 Å². The fourth-order valence-corrected chi connectivity index (χ4v) is 5.47. The van der Waals surface area contributed by atoms with Crippen molar-refractivity contribution >= 4 is 38.8 Å². The number of furan rings is 1. The first kappa shape index (κ1) is 19.8. The molecule has 1 aliphatic rings. The number of hydrogen-bond donors (Lipinski definition) is 2. The van der Waals surface area contributed by atoms with Crippen LogP contribution in [0.5, 0.6) is 0 Å². The van der Waals surface area contributed by atoms with Crippen molar-refractivity contribution in [3.8, 4) is 11.3 Å². The molecular formula is C25H25N3O2S. The average molecular weight is 432 g/mol. The van der Waals surface area contributed by atoms with Crippen LogP contribution >= 0.6 is 11.3 Å². The van der Waals surface area contributed by atoms with Gasteiger partial charge in [-0.05, 0) is 68.4 Å². The summed E-state index contributed by atoms with van der Waals surface area (Å²) in [6.07, 6.45) is 4.99. The number of benzene rings is 1. The molecule has 0 saturated carbocycles. The van der Waals surface area contributed by atoms with Crippen molar-refractivity contribution in [3.63, 3.8) is 0 Å². The second-order valence-corrected chi connectivity index (χ2v) is 9.02. The van der Waals surface area contributed by atoms with Crippen molar-refractivity contribution in [1.29, 1.82) is 0 Å². The summed E-state index contributed by atoms with van der Waals surface area (Å²) in [6, 6.07) is 11.8. The van der Waals surface area contributed by atoms with Gasteiger partial charge in [-0.15, -0.1) is 11.3 Å². The van der Waals surface area contributed by atoms with Crippen LogP contribution in [0.3, 0.4) is 0 Å². The van der Waals surface area contributed by atoms with Gasteiger partial charge >= 0.3 is 0 Å². The number of para-hydroxylation sites is 1. The minimum Gasteiger partial charge on any atom is -0.461 e. The number of nitrogens with zero attached hydrogens (tertiary/aromatic N) is 1. The number of rotatable bonds is 4. The van der Waals surface area contributed by atoms with Crippen LogP contribution in [0.25, 0.3) is 21.5 Å². The van der Waals surface area contributed by atoms with Gasteiger partial charge in [-0.25, -0.2) is 4.98 Å². The quantitative estimate of drug-likeness (QED) is 0.407. The maximum Gasteiger partial charge on any atom is 0.267 e. The molecule has 5 nitrogen and oxygen atoms in total. The Balaban J connectivity index is 1.66. The van der Waals surface area contributed by atoms with Gasteiger partial charge in [0.1, 0.15) is 21.2 Å². The molecule has 1 aromatic carbocycles. The Kier molecular flexibility index (Phi) is 5.02. The Morgan fingerprint density at radius 3 is 2.77 bits per heavy atom. The van der Waals surface area contributed by atoms with E-state index < -0.39 is 0 Å². The number of aryl methyl sites for hydroxylation is 3. The summed E-state index contributed by atoms with van der Waals surface area (Å²) in [5.41, 5.74) is 12.3. The maximum atomic E-state index is 13.2. The summed E-state index contributed by atoms with van der Waals surface area (Å²) < 4.78 is 6.02. The Hall–Kier alpha value is -3.12. The predicted octanol–water partition coefficient (Wildman–Crippen LogP) is 6.14. The standard InChI is InChI=1S/C25H25N3O2S/c1-3-15-8-4-6-10-17(15)27-24(29)23-22(26)21-20(19-13-12-14(2)30-19)16-9-5-7-11-18(16)28-25(21)31-23/h4,6,8,10,12-13H,3,5,7,9,11,26H2,1-2H3,(H,27,29). The van der Waals surface area contributed by atoms with E-state index in [1.54, 1.807) is 0 Å². The number of anilines is 2. The van der Waals surface area contributed by atoms with E-state index in [0.717, 1.165) is 76.3 Å². The number of nitrogens with two attached hydrogens (primary N) is 1. The summed E-state index contributed by atoms with van der Waals surface area (Å²) in [7, 11) is 0. The summed E-state index contributed by atoms with van der Waals surface area (Å²) in [5, 5.41) is 3.89. The van der Waals surface area contributed by atoms with Gasteiger partial charge in [0.15, 0.2) is 0 Å². The SMILES string of the molecule is CCc1ccccc1NC(=O)c1sc2nc3c(c(-c4ccc(C)o4)c2c1N)CCCC3. The zero-order valence-corrected chi connectivity index (χ0v) is 18.6. The molecule has 0 unspecified atom stereocenters. The van der Waals surface area contributed by atoms with Gasteiger partial charge < -0.3 is 15.5 Å². The molecule has 0 bridgehead atoms. The van der Waals surface area contributed by atoms with Crippen LogP contribution in [0.4, 0.5) is 11.4 Å². The first-order valence-electron chi connectivity index (χ1n) is 10.8. The third kappa shape index (κ3) is 3.41. The van der Waals surface area contributed by atoms with Crippen molar-refractivity contribution in [2.45, 2.75) is 46.0 Å². The first-order chi connectivity index (χ1) is 15.1. The molecule has 4 aromatic rings. The number of pyridine rings is 1. The van der Waals surface area contributed by atoms with Crippen LogP contribution in [-0.2, 0) is 19.3 Å². The smallest absolute Gasteiger partial charge is 0.267 e. The Bertz CT molecular complexity index is 1300. The molecule has 0 radical (unpaired) electrons. The Labute approximate surface area is 185 Å². The topological polar surface area (TPSA) is 81.2 Å². The minimum atomic E-state index is -0.194. The highest BCUT2D eigenvalue weighted by molar-refractivity contribution is 7.21. The van der Waals surface area contributed by atoms with Gasteiger partial charge in [0.05, 0.1) is 5.69 Å². The first-order valence-corrected chi connectivity index (χ1v) is 11.6. The number of amides is 1. The normalized spacial score (nSPS) is 13.4. The Morgan fingerprint density at radius 1 is 1.19 bits per heavy atom. The van der Waals surface area contributed by atoms with Crippen LogP contribution in [0.1, 0.15) is 52.0 Å². The van der Waals surface area contributed by atoms with Gasteiger partial charge in [0.2, 0.25) is 0 Å². The summed E-state index contributed by atoms with van der Waals surface area (Å²) in [6.45, 7) is 4.01. The molecule has 5 rings (SSSR count). The molecule has 3 aromatic heterocycles. The number of thiophene rings is 1. The van der Waals surface area contributed by atoms with Crippen molar-refractivity contribution in [2.24, 2.45) is 0 Å². The minimum absolute atomic E-state index is 0.194. The highest BCUT2D eigenvalue weighted by Crippen LogP contribution is 2.44. The molecule has 0 aliphatic heterocycles. The lowest BCUT2D eigenvalue weighted by Gasteiger charge is -2.18. The third-order valence-corrected chi connectivity index (χ3v) is 7.09. The van der Waals surface area contributed by atoms with Crippen molar-refractivity contribution in [3.05, 3.63) is 63.9 Å². The zero-order chi connectivity index (χ0) is 21.5. The van der Waals surface area contributed by atoms with E-state index in [0.29, 0.717) is 10.6 Å². The number of nitrogen functional groups attached to an aromatic ring is 1. The van der Waals surface area contributed by atoms with Crippen LogP contribution in [0.15, 0.2) is 40.8 Å². The lowest BCUT2D eigenvalue weighted by atomic mass is 9.89. The zero-order valence-electron chi connectivity index (χ0n) is 17.7. The van der Waals surface area contributed by atoms with E-state index in [1.165, 1.54) is 16.9 Å². The second-order valence-electron chi connectivity index (χ2n) is 8.02. The molecule has 0 spiro atoms. The molecule has 158 valence electrons. The van der Waals surface area contributed by atoms with Crippen LogP contribution in [0.2, 0.25) is 0 Å². The molecular weight excluding hydrogens is 406 g/mol. The fraction of sp³-hybridized carbons (Fsp3) is 0.280. The molecule has 3 N–H and O–H groups in total. The highest BCUT2D eigenvalue weighted by atomic mass is 32.1. The number of nitrogens with one attached hydrogen (secondary N) is 1. The molecule has 1 amide bonds. The molecule has 31 heavy (non-hydrogen) atoms. The highest BCUT2D eigenvalue weighted by Gasteiger charge is 2.27. The number of carbonyl (C=O) groups excluding carboxylic acids is 1. The summed E-state index contributed by atoms with van der Waals surface area (Å²) >= 11 is 1.36. The van der Waals surface area contributed by atoms with E-state index in [1.807, 2.05) is 43.3 Å². The molecule has 6 heteroatoms. The number of carbonyl (C=O) groups is 1. The molecule has 3 heterocycles. The second kappa shape index (κ2) is 7.85. The van der Waals surface area contributed by atoms with Gasteiger partial charge in [0.25, 0.3) is 5.91 Å². The predicted molar refractivity (Wildman–Crippen MR) is 127 cm³/mol. The Morgan fingerprint density at radius 2 is 2.00 bits per heavy atom. The van der Waals surface area contributed by atoms with Gasteiger partial charge in [-0.3, -0.25) is 4.79 Å². The summed E-state index contributed by atoms with van der Waals surface area (Å²) in [4.78, 5) is 19.4. The van der Waals surface area contributed by atoms with Crippen LogP contribution < -0.4 is 11.1 Å². The number of aromatic nitrogens is 1. The van der Waals surface area contributed by atoms with E-state index in [2.05, 4.69) is 12.2 Å². The molecule has 0 fully saturated rings. The fourth-order valence-electron chi connectivity index (χ4n) is 4.45. The maximum absolute atomic E-state index is 13.2. The van der Waals surface area contributed by atoms with E-state index >= 15 is 0 Å². The number of hydrogen-bond acceptors (Lipinski definition) is 5. The van der Waals surface area contributed by atoms with Gasteiger partial charge in [-0.2, -0.15) is 0 Å². The summed E-state index contributed by atoms with van der Waals surface area (Å²) in [5.74, 6) is 1.46. The molecule has 0 atom stereocenters. The molecule has 1 aliphatic carbocycles. The van der Waals surface area contributed by atoms with E-state index in [-0.39, 0.29) is 5.91 Å². The lowest BCUT2D eigenvalue weighted by molar-refractivity contribution is 0.103. The van der Waals surface area contributed by atoms with Crippen molar-refractivity contribution < 1.29 is 9.21 Å². The van der Waals surface area contributed by atoms with Crippen LogP contribution in [-0.4, -0.2) is 10.9 Å². The molecule has 0 saturated heterocycles. The third-order valence-electron chi connectivity index (χ3n) is 5.99. The van der Waals surface area contributed by atoms with Gasteiger partial charge in [-0.1, -0.05) is 25.1 Å². The van der Waals surface area contributed by atoms with Gasteiger partial charge in [0, 0.05) is 22.3 Å². The van der Waals surface area contributed by atoms with Crippen molar-refractivity contribution in [2.75, 3.05) is 11.1 Å². The monoisotopic (exact) mass is 431 g/mol. The van der Waals surface area contributed by atoms with E-state index in [4.69, 9.17) is 15.1 Å². The van der Waals surface area contributed by atoms with E-state index in [9.17, 15) is 4.79 Å². The lowest BCUT2D eigenvalue weighted by Crippen LogP contribution is -2.13. The average Bonchev–Trinajstić information content (AvgIpc) is 3.35. The number of fused-ring (bicyclic) bond motifs is 2. The van der Waals surface area contributed by atoms with Crippen LogP contribution in [0, 0.1) is 6.92 Å². The largest absolute Gasteiger partial charge is 0.461 e.